The number of aliphatic hydroxyl groups is 4. The molecule has 0 aliphatic heterocycles. The Morgan fingerprint density at radius 1 is 0.794 bits per heavy atom. The third-order valence-electron chi connectivity index (χ3n) is 4.16. The van der Waals surface area contributed by atoms with E-state index in [0.29, 0.717) is 11.7 Å². The van der Waals surface area contributed by atoms with Crippen LogP contribution in [0.2, 0.25) is 0 Å². The van der Waals surface area contributed by atoms with Crippen molar-refractivity contribution in [3.8, 4) is 5.69 Å². The quantitative estimate of drug-likeness (QED) is 0.168. The monoisotopic (exact) mass is 817 g/mol. The first-order valence-electron chi connectivity index (χ1n) is 9.24. The Kier molecular flexibility index (Phi) is 10.6. The highest BCUT2D eigenvalue weighted by atomic mass is 127. The summed E-state index contributed by atoms with van der Waals surface area (Å²) in [7, 11) is 0. The Balaban J connectivity index is 2.82. The van der Waals surface area contributed by atoms with E-state index < -0.39 is 67.6 Å². The van der Waals surface area contributed by atoms with Gasteiger partial charge in [-0.15, -0.1) is 0 Å². The zero-order valence-electron chi connectivity index (χ0n) is 16.9. The zero-order chi connectivity index (χ0) is 25.7. The number of hydrogen-bond acceptors (Lipinski definition) is 9. The molecule has 17 heteroatoms. The van der Waals surface area contributed by atoms with E-state index in [0.717, 1.165) is 3.57 Å². The normalized spacial score (nSPS) is 12.8. The Morgan fingerprint density at radius 2 is 1.18 bits per heavy atom. The molecular formula is C17H18I3N5O9. The number of aromatic nitrogens is 3. The number of carbonyl (C=O) groups is 2. The lowest BCUT2D eigenvalue weighted by Crippen LogP contribution is -2.61. The lowest BCUT2D eigenvalue weighted by Gasteiger charge is -2.16. The summed E-state index contributed by atoms with van der Waals surface area (Å²) in [6.45, 7) is -2.50. The molecule has 34 heavy (non-hydrogen) atoms. The molecule has 14 nitrogen and oxygen atoms in total. The van der Waals surface area contributed by atoms with Gasteiger partial charge in [0.15, 0.2) is 0 Å². The van der Waals surface area contributed by atoms with Crippen LogP contribution in [0, 0.1) is 10.7 Å². The van der Waals surface area contributed by atoms with Gasteiger partial charge < -0.3 is 31.1 Å². The van der Waals surface area contributed by atoms with Crippen molar-refractivity contribution in [2.45, 2.75) is 12.2 Å². The van der Waals surface area contributed by atoms with Crippen molar-refractivity contribution >= 4 is 79.8 Å². The number of aliphatic hydroxyl groups excluding tert-OH is 4. The first-order valence-corrected chi connectivity index (χ1v) is 12.5. The van der Waals surface area contributed by atoms with Crippen LogP contribution in [0.1, 0.15) is 0 Å². The predicted octanol–water partition coefficient (Wildman–Crippen LogP) is -2.20. The molecule has 1 aromatic heterocycles. The third kappa shape index (κ3) is 6.42. The van der Waals surface area contributed by atoms with Crippen molar-refractivity contribution in [2.24, 2.45) is 0 Å². The Bertz CT molecular complexity index is 1190. The van der Waals surface area contributed by atoms with Gasteiger partial charge in [0.05, 0.1) is 31.1 Å². The van der Waals surface area contributed by atoms with Gasteiger partial charge in [0.1, 0.15) is 0 Å². The maximum Gasteiger partial charge on any atom is 0.353 e. The van der Waals surface area contributed by atoms with Crippen LogP contribution >= 0.6 is 67.8 Å². The molecule has 0 saturated carbocycles. The fourth-order valence-electron chi connectivity index (χ4n) is 2.53. The van der Waals surface area contributed by atoms with Gasteiger partial charge in [0.25, 0.3) is 0 Å². The second-order valence-electron chi connectivity index (χ2n) is 6.62. The van der Waals surface area contributed by atoms with Crippen LogP contribution in [0.15, 0.2) is 26.5 Å². The number of benzene rings is 1. The van der Waals surface area contributed by atoms with E-state index in [9.17, 15) is 34.2 Å². The van der Waals surface area contributed by atoms with Gasteiger partial charge in [-0.3, -0.25) is 0 Å². The predicted molar refractivity (Wildman–Crippen MR) is 142 cm³/mol. The van der Waals surface area contributed by atoms with Gasteiger partial charge in [-0.2, -0.15) is 9.13 Å². The molecule has 2 aromatic rings. The molecule has 2 amide bonds. The van der Waals surface area contributed by atoms with Crippen LogP contribution in [0.3, 0.4) is 0 Å². The van der Waals surface area contributed by atoms with Crippen molar-refractivity contribution in [1.82, 2.24) is 24.3 Å². The number of nitrogens with zero attached hydrogens (tertiary/aromatic N) is 3. The number of hydrogen-bond donors (Lipinski definition) is 6. The van der Waals surface area contributed by atoms with Crippen molar-refractivity contribution < 1.29 is 30.0 Å². The molecule has 2 rings (SSSR count). The second kappa shape index (κ2) is 12.5. The van der Waals surface area contributed by atoms with E-state index >= 15 is 0 Å². The highest BCUT2D eigenvalue weighted by Gasteiger charge is 2.27. The molecule has 186 valence electrons. The SMILES string of the molecule is O=C(NCC(O)CO)n1c(=O)n(C(=O)NCC(O)CO)c(=O)n(-c2c(I)cc(I)cc2I)c1=O. The van der Waals surface area contributed by atoms with Crippen LogP contribution in [0.5, 0.6) is 0 Å². The van der Waals surface area contributed by atoms with Crippen LogP contribution in [-0.4, -0.2) is 84.7 Å². The van der Waals surface area contributed by atoms with Gasteiger partial charge >= 0.3 is 29.1 Å². The number of rotatable bonds is 7. The minimum atomic E-state index is -1.60. The Morgan fingerprint density at radius 3 is 1.53 bits per heavy atom. The van der Waals surface area contributed by atoms with Crippen molar-refractivity contribution in [3.05, 3.63) is 54.3 Å². The number of nitrogens with one attached hydrogen (secondary N) is 2. The molecule has 1 aromatic carbocycles. The summed E-state index contributed by atoms with van der Waals surface area (Å²) in [4.78, 5) is 64.5. The van der Waals surface area contributed by atoms with E-state index in [4.69, 9.17) is 10.2 Å². The summed E-state index contributed by atoms with van der Waals surface area (Å²) < 4.78 is 2.04. The number of carbonyl (C=O) groups excluding carboxylic acids is 2. The van der Waals surface area contributed by atoms with Crippen LogP contribution in [-0.2, 0) is 0 Å². The molecule has 2 atom stereocenters. The van der Waals surface area contributed by atoms with Crippen LogP contribution < -0.4 is 27.7 Å². The highest BCUT2D eigenvalue weighted by Crippen LogP contribution is 2.24. The molecule has 0 aliphatic carbocycles. The Hall–Kier alpha value is -1.40. The molecular weight excluding hydrogens is 799 g/mol. The van der Waals surface area contributed by atoms with Crippen molar-refractivity contribution in [1.29, 1.82) is 0 Å². The highest BCUT2D eigenvalue weighted by molar-refractivity contribution is 14.1. The zero-order valence-corrected chi connectivity index (χ0v) is 23.4. The molecule has 0 saturated heterocycles. The topological polar surface area (TPSA) is 205 Å². The smallest absolute Gasteiger partial charge is 0.353 e. The minimum Gasteiger partial charge on any atom is -0.394 e. The average Bonchev–Trinajstić information content (AvgIpc) is 2.77. The Labute approximate surface area is 231 Å². The van der Waals surface area contributed by atoms with Crippen molar-refractivity contribution in [2.75, 3.05) is 26.3 Å². The molecule has 0 radical (unpaired) electrons. The van der Waals surface area contributed by atoms with Gasteiger partial charge in [-0.25, -0.2) is 28.5 Å². The van der Waals surface area contributed by atoms with E-state index in [1.54, 1.807) is 12.1 Å². The van der Waals surface area contributed by atoms with E-state index in [1.165, 1.54) is 0 Å². The standard InChI is InChI=1S/C17H18I3N5O9/c18-7-1-10(19)12(11(20)2-7)23-15(32)24(13(30)21-3-8(28)5-26)17(34)25(16(23)33)14(31)22-4-9(29)6-27/h1-2,8-9,26-29H,3-6H2,(H,21,30)(H,22,31). The molecule has 6 N–H and O–H groups in total. The fraction of sp³-hybridized carbons (Fsp3) is 0.353. The largest absolute Gasteiger partial charge is 0.394 e. The summed E-state index contributed by atoms with van der Waals surface area (Å²) in [5.41, 5.74) is -4.33. The molecule has 1 heterocycles. The lowest BCUT2D eigenvalue weighted by molar-refractivity contribution is 0.0956. The van der Waals surface area contributed by atoms with E-state index in [1.807, 2.05) is 67.8 Å². The summed E-state index contributed by atoms with van der Waals surface area (Å²) in [6.07, 6.45) is -2.79. The maximum absolute atomic E-state index is 13.2. The van der Waals surface area contributed by atoms with Crippen molar-refractivity contribution in [3.63, 3.8) is 0 Å². The number of halogens is 3. The maximum atomic E-state index is 13.2. The number of amides is 2. The molecule has 0 bridgehead atoms. The first kappa shape index (κ1) is 28.8. The second-order valence-corrected chi connectivity index (χ2v) is 10.2. The van der Waals surface area contributed by atoms with Gasteiger partial charge in [-0.1, -0.05) is 0 Å². The lowest BCUT2D eigenvalue weighted by atomic mass is 10.3. The molecule has 0 fully saturated rings. The summed E-state index contributed by atoms with van der Waals surface area (Å²) >= 11 is 5.71. The summed E-state index contributed by atoms with van der Waals surface area (Å²) in [5, 5.41) is 40.9. The summed E-state index contributed by atoms with van der Waals surface area (Å²) in [6, 6.07) is 0.534. The van der Waals surface area contributed by atoms with Gasteiger partial charge in [0, 0.05) is 23.8 Å². The van der Waals surface area contributed by atoms with E-state index in [2.05, 4.69) is 10.6 Å². The van der Waals surface area contributed by atoms with Gasteiger partial charge in [0.2, 0.25) is 0 Å². The molecule has 0 aliphatic rings. The molecule has 0 spiro atoms. The third-order valence-corrected chi connectivity index (χ3v) is 6.43. The van der Waals surface area contributed by atoms with Crippen LogP contribution in [0.25, 0.3) is 5.69 Å². The summed E-state index contributed by atoms with van der Waals surface area (Å²) in [5.74, 6) is 0. The van der Waals surface area contributed by atoms with Crippen LogP contribution in [0.4, 0.5) is 9.59 Å². The van der Waals surface area contributed by atoms with Gasteiger partial charge in [-0.05, 0) is 79.9 Å². The molecule has 2 unspecified atom stereocenters. The first-order chi connectivity index (χ1) is 15.9. The average molecular weight is 817 g/mol. The van der Waals surface area contributed by atoms with E-state index in [-0.39, 0.29) is 14.8 Å². The fourth-order valence-corrected chi connectivity index (χ4v) is 6.59. The minimum absolute atomic E-state index is 0.00231.